The number of aromatic nitrogens is 2. The molecule has 1 fully saturated rings. The molecule has 0 aliphatic carbocycles. The average Bonchev–Trinajstić information content (AvgIpc) is 3.18. The zero-order valence-corrected chi connectivity index (χ0v) is 15.3. The Morgan fingerprint density at radius 1 is 1.43 bits per heavy atom. The molecule has 1 saturated heterocycles. The van der Waals surface area contributed by atoms with Crippen molar-refractivity contribution >= 4 is 11.3 Å². The zero-order chi connectivity index (χ0) is 16.2. The molecule has 4 nitrogen and oxygen atoms in total. The molecular formula is C18H28N4S. The van der Waals surface area contributed by atoms with Gasteiger partial charge in [0.15, 0.2) is 0 Å². The van der Waals surface area contributed by atoms with E-state index in [1.54, 1.807) is 0 Å². The summed E-state index contributed by atoms with van der Waals surface area (Å²) in [5.74, 6) is 0.679. The molecular weight excluding hydrogens is 304 g/mol. The van der Waals surface area contributed by atoms with E-state index < -0.39 is 0 Å². The van der Waals surface area contributed by atoms with E-state index in [0.717, 1.165) is 19.6 Å². The van der Waals surface area contributed by atoms with Crippen molar-refractivity contribution in [1.29, 1.82) is 0 Å². The Balaban J connectivity index is 1.72. The van der Waals surface area contributed by atoms with Gasteiger partial charge in [-0.05, 0) is 50.3 Å². The first-order valence-electron chi connectivity index (χ1n) is 8.61. The standard InChI is InChI=1S/C18H28N4S/c1-4-22-9-5-7-15(18(22)16-11-19-21(3)13-16)12-20(2)14-17-8-6-10-23-17/h6,8,10-11,13,15,18H,4-5,7,9,12,14H2,1-3H3/t15-,18+/m0/s1. The lowest BCUT2D eigenvalue weighted by Gasteiger charge is -2.42. The van der Waals surface area contributed by atoms with Crippen LogP contribution in [0.3, 0.4) is 0 Å². The van der Waals surface area contributed by atoms with Crippen LogP contribution in [0.5, 0.6) is 0 Å². The number of aryl methyl sites for hydroxylation is 1. The maximum absolute atomic E-state index is 4.41. The highest BCUT2D eigenvalue weighted by Gasteiger charge is 2.33. The molecule has 0 spiro atoms. The largest absolute Gasteiger partial charge is 0.301 e. The molecule has 3 heterocycles. The predicted molar refractivity (Wildman–Crippen MR) is 96.6 cm³/mol. The van der Waals surface area contributed by atoms with Crippen LogP contribution in [0.4, 0.5) is 0 Å². The number of thiophene rings is 1. The van der Waals surface area contributed by atoms with Gasteiger partial charge in [0.05, 0.1) is 6.20 Å². The Morgan fingerprint density at radius 3 is 2.96 bits per heavy atom. The van der Waals surface area contributed by atoms with Gasteiger partial charge in [-0.15, -0.1) is 11.3 Å². The molecule has 0 amide bonds. The number of nitrogens with zero attached hydrogens (tertiary/aromatic N) is 4. The van der Waals surface area contributed by atoms with Crippen molar-refractivity contribution in [3.63, 3.8) is 0 Å². The van der Waals surface area contributed by atoms with Crippen molar-refractivity contribution in [3.8, 4) is 0 Å². The second-order valence-electron chi connectivity index (χ2n) is 6.70. The van der Waals surface area contributed by atoms with Crippen molar-refractivity contribution in [3.05, 3.63) is 40.3 Å². The minimum Gasteiger partial charge on any atom is -0.301 e. The lowest BCUT2D eigenvalue weighted by molar-refractivity contribution is 0.0751. The quantitative estimate of drug-likeness (QED) is 0.810. The molecule has 2 atom stereocenters. The molecule has 126 valence electrons. The van der Waals surface area contributed by atoms with Gasteiger partial charge in [0.1, 0.15) is 0 Å². The van der Waals surface area contributed by atoms with Gasteiger partial charge < -0.3 is 4.90 Å². The van der Waals surface area contributed by atoms with Gasteiger partial charge in [0.2, 0.25) is 0 Å². The van der Waals surface area contributed by atoms with Gasteiger partial charge in [0.25, 0.3) is 0 Å². The fourth-order valence-corrected chi connectivity index (χ4v) is 4.69. The first kappa shape index (κ1) is 16.7. The summed E-state index contributed by atoms with van der Waals surface area (Å²) in [7, 11) is 4.27. The SMILES string of the molecule is CCN1CCC[C@@H](CN(C)Cc2cccs2)[C@@H]1c1cnn(C)c1. The smallest absolute Gasteiger partial charge is 0.0537 e. The van der Waals surface area contributed by atoms with Gasteiger partial charge in [-0.3, -0.25) is 9.58 Å². The third-order valence-corrected chi connectivity index (χ3v) is 5.75. The summed E-state index contributed by atoms with van der Waals surface area (Å²) in [6.45, 7) is 6.81. The van der Waals surface area contributed by atoms with Gasteiger partial charge in [-0.1, -0.05) is 13.0 Å². The van der Waals surface area contributed by atoms with E-state index in [9.17, 15) is 0 Å². The first-order valence-corrected chi connectivity index (χ1v) is 9.49. The maximum atomic E-state index is 4.41. The highest BCUT2D eigenvalue weighted by atomic mass is 32.1. The summed E-state index contributed by atoms with van der Waals surface area (Å²) in [5, 5.41) is 6.58. The van der Waals surface area contributed by atoms with Crippen LogP contribution in [-0.2, 0) is 13.6 Å². The van der Waals surface area contributed by atoms with Crippen LogP contribution < -0.4 is 0 Å². The van der Waals surface area contributed by atoms with E-state index in [2.05, 4.69) is 58.8 Å². The maximum Gasteiger partial charge on any atom is 0.0537 e. The number of hydrogen-bond donors (Lipinski definition) is 0. The second-order valence-corrected chi connectivity index (χ2v) is 7.73. The minimum atomic E-state index is 0.508. The predicted octanol–water partition coefficient (Wildman–Crippen LogP) is 3.39. The van der Waals surface area contributed by atoms with Gasteiger partial charge in [-0.25, -0.2) is 0 Å². The topological polar surface area (TPSA) is 24.3 Å². The Bertz CT molecular complexity index is 592. The number of rotatable bonds is 6. The summed E-state index contributed by atoms with van der Waals surface area (Å²) < 4.78 is 1.93. The van der Waals surface area contributed by atoms with E-state index in [0.29, 0.717) is 12.0 Å². The highest BCUT2D eigenvalue weighted by molar-refractivity contribution is 7.09. The minimum absolute atomic E-state index is 0.508. The van der Waals surface area contributed by atoms with E-state index in [1.807, 2.05) is 23.1 Å². The summed E-state index contributed by atoms with van der Waals surface area (Å²) in [4.78, 5) is 6.57. The molecule has 3 rings (SSSR count). The Morgan fingerprint density at radius 2 is 2.30 bits per heavy atom. The monoisotopic (exact) mass is 332 g/mol. The van der Waals surface area contributed by atoms with Crippen LogP contribution in [0.25, 0.3) is 0 Å². The lowest BCUT2D eigenvalue weighted by Crippen LogP contribution is -2.42. The Hall–Kier alpha value is -1.17. The fraction of sp³-hybridized carbons (Fsp3) is 0.611. The van der Waals surface area contributed by atoms with Crippen molar-refractivity contribution in [1.82, 2.24) is 19.6 Å². The molecule has 0 aromatic carbocycles. The number of piperidine rings is 1. The Labute approximate surface area is 143 Å². The van der Waals surface area contributed by atoms with Crippen LogP contribution >= 0.6 is 11.3 Å². The average molecular weight is 333 g/mol. The van der Waals surface area contributed by atoms with Crippen LogP contribution in [0.1, 0.15) is 36.2 Å². The van der Waals surface area contributed by atoms with Crippen molar-refractivity contribution in [2.75, 3.05) is 26.7 Å². The van der Waals surface area contributed by atoms with E-state index in [4.69, 9.17) is 0 Å². The number of hydrogen-bond acceptors (Lipinski definition) is 4. The third kappa shape index (κ3) is 4.03. The Kier molecular flexibility index (Phi) is 5.51. The van der Waals surface area contributed by atoms with Crippen molar-refractivity contribution in [2.45, 2.75) is 32.4 Å². The third-order valence-electron chi connectivity index (χ3n) is 4.88. The normalized spacial score (nSPS) is 22.8. The molecule has 0 N–H and O–H groups in total. The van der Waals surface area contributed by atoms with Gasteiger partial charge in [-0.2, -0.15) is 5.10 Å². The lowest BCUT2D eigenvalue weighted by atomic mass is 9.85. The molecule has 0 radical (unpaired) electrons. The second kappa shape index (κ2) is 7.60. The first-order chi connectivity index (χ1) is 11.2. The van der Waals surface area contributed by atoms with Crippen LogP contribution in [0, 0.1) is 5.92 Å². The molecule has 2 aromatic rings. The highest BCUT2D eigenvalue weighted by Crippen LogP contribution is 2.36. The summed E-state index contributed by atoms with van der Waals surface area (Å²) in [5.41, 5.74) is 1.38. The summed E-state index contributed by atoms with van der Waals surface area (Å²) in [6, 6.07) is 4.89. The van der Waals surface area contributed by atoms with E-state index in [1.165, 1.54) is 29.8 Å². The van der Waals surface area contributed by atoms with Crippen molar-refractivity contribution < 1.29 is 0 Å². The molecule has 0 saturated carbocycles. The van der Waals surface area contributed by atoms with Crippen LogP contribution in [0.15, 0.2) is 29.9 Å². The summed E-state index contributed by atoms with van der Waals surface area (Å²) in [6.07, 6.45) is 6.88. The molecule has 2 aromatic heterocycles. The molecule has 5 heteroatoms. The molecule has 23 heavy (non-hydrogen) atoms. The molecule has 0 unspecified atom stereocenters. The van der Waals surface area contributed by atoms with E-state index in [-0.39, 0.29) is 0 Å². The number of likely N-dealkylation sites (tertiary alicyclic amines) is 1. The van der Waals surface area contributed by atoms with Gasteiger partial charge >= 0.3 is 0 Å². The molecule has 1 aliphatic heterocycles. The summed E-state index contributed by atoms with van der Waals surface area (Å²) >= 11 is 1.85. The van der Waals surface area contributed by atoms with E-state index >= 15 is 0 Å². The molecule has 0 bridgehead atoms. The zero-order valence-electron chi connectivity index (χ0n) is 14.5. The van der Waals surface area contributed by atoms with Gasteiger partial charge in [0, 0.05) is 42.8 Å². The van der Waals surface area contributed by atoms with Crippen LogP contribution in [0.2, 0.25) is 0 Å². The van der Waals surface area contributed by atoms with Crippen LogP contribution in [-0.4, -0.2) is 46.3 Å². The van der Waals surface area contributed by atoms with Crippen molar-refractivity contribution in [2.24, 2.45) is 13.0 Å². The molecule has 1 aliphatic rings. The fourth-order valence-electron chi connectivity index (χ4n) is 3.91.